The topological polar surface area (TPSA) is 93.1 Å². The van der Waals surface area contributed by atoms with Crippen molar-refractivity contribution in [3.05, 3.63) is 94.6 Å². The molecule has 0 spiro atoms. The fourth-order valence-electron chi connectivity index (χ4n) is 3.80. The molecule has 0 fully saturated rings. The molecule has 0 saturated carbocycles. The average Bonchev–Trinajstić information content (AvgIpc) is 3.10. The van der Waals surface area contributed by atoms with Crippen molar-refractivity contribution >= 4 is 21.4 Å². The molecule has 8 heteroatoms. The van der Waals surface area contributed by atoms with Crippen molar-refractivity contribution in [1.82, 2.24) is 0 Å². The fraction of sp³-hybridized carbons (Fsp3) is 0.160. The minimum atomic E-state index is -4.19. The number of amides is 1. The summed E-state index contributed by atoms with van der Waals surface area (Å²) in [5, 5.41) is 10.8. The Bertz CT molecular complexity index is 1310. The van der Waals surface area contributed by atoms with Gasteiger partial charge in [-0.1, -0.05) is 29.8 Å². The molecule has 170 valence electrons. The van der Waals surface area contributed by atoms with E-state index in [1.807, 2.05) is 6.92 Å². The number of methoxy groups -OCH3 is 2. The van der Waals surface area contributed by atoms with Crippen LogP contribution in [0.2, 0.25) is 0 Å². The zero-order valence-corrected chi connectivity index (χ0v) is 19.2. The van der Waals surface area contributed by atoms with Gasteiger partial charge in [0.05, 0.1) is 19.1 Å². The Balaban J connectivity index is 1.90. The van der Waals surface area contributed by atoms with E-state index in [4.69, 9.17) is 9.47 Å². The van der Waals surface area contributed by atoms with Crippen LogP contribution in [0, 0.1) is 6.92 Å². The third-order valence-electron chi connectivity index (χ3n) is 5.56. The molecule has 1 amide bonds. The van der Waals surface area contributed by atoms with E-state index in [1.54, 1.807) is 60.7 Å². The predicted octanol–water partition coefficient (Wildman–Crippen LogP) is 4.34. The molecule has 1 unspecified atom stereocenters. The number of aliphatic hydroxyl groups excluding tert-OH is 1. The number of aryl methyl sites for hydroxylation is 1. The van der Waals surface area contributed by atoms with Gasteiger partial charge in [-0.2, -0.15) is 0 Å². The van der Waals surface area contributed by atoms with E-state index in [0.29, 0.717) is 22.7 Å². The quantitative estimate of drug-likeness (QED) is 0.582. The van der Waals surface area contributed by atoms with Gasteiger partial charge in [0.1, 0.15) is 22.4 Å². The molecule has 7 nitrogen and oxygen atoms in total. The summed E-state index contributed by atoms with van der Waals surface area (Å²) >= 11 is 0. The van der Waals surface area contributed by atoms with Crippen LogP contribution >= 0.6 is 0 Å². The molecule has 0 saturated heterocycles. The lowest BCUT2D eigenvalue weighted by Crippen LogP contribution is -2.31. The SMILES string of the molecule is COc1ccc(C2C(S(=O)(=O)c3ccc(C)cc3)=C(O)C(=O)N2c2ccc(OC)cc2)cc1. The molecular formula is C25H23NO6S. The number of carbonyl (C=O) groups is 1. The molecular weight excluding hydrogens is 442 g/mol. The maximum Gasteiger partial charge on any atom is 0.295 e. The zero-order chi connectivity index (χ0) is 23.8. The molecule has 0 aliphatic carbocycles. The molecule has 3 aromatic rings. The molecule has 3 aromatic carbocycles. The molecule has 1 N–H and O–H groups in total. The summed E-state index contributed by atoms with van der Waals surface area (Å²) in [7, 11) is -1.14. The Morgan fingerprint density at radius 1 is 0.818 bits per heavy atom. The van der Waals surface area contributed by atoms with Crippen LogP contribution in [0.4, 0.5) is 5.69 Å². The zero-order valence-electron chi connectivity index (χ0n) is 18.3. The van der Waals surface area contributed by atoms with Crippen molar-refractivity contribution < 1.29 is 27.8 Å². The number of anilines is 1. The first kappa shape index (κ1) is 22.4. The predicted molar refractivity (Wildman–Crippen MR) is 124 cm³/mol. The van der Waals surface area contributed by atoms with Crippen molar-refractivity contribution in [2.45, 2.75) is 17.9 Å². The Kier molecular flexibility index (Phi) is 5.86. The molecule has 0 radical (unpaired) electrons. The number of rotatable bonds is 6. The third-order valence-corrected chi connectivity index (χ3v) is 7.45. The van der Waals surface area contributed by atoms with Crippen LogP contribution in [0.5, 0.6) is 11.5 Å². The highest BCUT2D eigenvalue weighted by Gasteiger charge is 2.47. The lowest BCUT2D eigenvalue weighted by Gasteiger charge is -2.27. The van der Waals surface area contributed by atoms with E-state index in [-0.39, 0.29) is 9.80 Å². The largest absolute Gasteiger partial charge is 0.502 e. The Hall–Kier alpha value is -3.78. The molecule has 33 heavy (non-hydrogen) atoms. The number of nitrogens with zero attached hydrogens (tertiary/aromatic N) is 1. The van der Waals surface area contributed by atoms with Crippen molar-refractivity contribution in [2.24, 2.45) is 0 Å². The smallest absolute Gasteiger partial charge is 0.295 e. The van der Waals surface area contributed by atoms with E-state index >= 15 is 0 Å². The van der Waals surface area contributed by atoms with E-state index in [9.17, 15) is 18.3 Å². The van der Waals surface area contributed by atoms with Crippen molar-refractivity contribution in [3.8, 4) is 11.5 Å². The number of ether oxygens (including phenoxy) is 2. The Morgan fingerprint density at radius 2 is 1.33 bits per heavy atom. The number of sulfone groups is 1. The van der Waals surface area contributed by atoms with Crippen molar-refractivity contribution in [1.29, 1.82) is 0 Å². The first-order chi connectivity index (χ1) is 15.8. The van der Waals surface area contributed by atoms with Gasteiger partial charge in [0.15, 0.2) is 5.76 Å². The van der Waals surface area contributed by atoms with Gasteiger partial charge in [0.25, 0.3) is 5.91 Å². The summed E-state index contributed by atoms with van der Waals surface area (Å²) in [5.74, 6) is -0.440. The normalized spacial score (nSPS) is 16.3. The lowest BCUT2D eigenvalue weighted by atomic mass is 10.1. The van der Waals surface area contributed by atoms with Gasteiger partial charge in [0.2, 0.25) is 9.84 Å². The lowest BCUT2D eigenvalue weighted by molar-refractivity contribution is -0.117. The molecule has 0 bridgehead atoms. The summed E-state index contributed by atoms with van der Waals surface area (Å²) < 4.78 is 37.7. The second-order valence-corrected chi connectivity index (χ2v) is 9.50. The minimum absolute atomic E-state index is 0.00228. The third kappa shape index (κ3) is 3.93. The first-order valence-corrected chi connectivity index (χ1v) is 11.6. The van der Waals surface area contributed by atoms with Gasteiger partial charge in [-0.05, 0) is 61.0 Å². The van der Waals surface area contributed by atoms with Gasteiger partial charge in [-0.25, -0.2) is 8.42 Å². The number of hydrogen-bond acceptors (Lipinski definition) is 6. The standard InChI is InChI=1S/C25H23NO6S/c1-16-4-14-21(15-5-16)33(29,30)24-22(17-6-10-19(31-2)11-7-17)26(25(28)23(24)27)18-8-12-20(32-3)13-9-18/h4-15,22,27H,1-3H3. The van der Waals surface area contributed by atoms with Crippen LogP contribution < -0.4 is 14.4 Å². The van der Waals surface area contributed by atoms with E-state index in [2.05, 4.69) is 0 Å². The molecule has 4 rings (SSSR count). The molecule has 0 aromatic heterocycles. The summed E-state index contributed by atoms with van der Waals surface area (Å²) in [4.78, 5) is 14.1. The highest BCUT2D eigenvalue weighted by Crippen LogP contribution is 2.45. The van der Waals surface area contributed by atoms with Crippen LogP contribution in [-0.4, -0.2) is 33.7 Å². The van der Waals surface area contributed by atoms with E-state index in [1.165, 1.54) is 31.3 Å². The van der Waals surface area contributed by atoms with E-state index < -0.39 is 27.5 Å². The molecule has 1 aliphatic rings. The average molecular weight is 466 g/mol. The minimum Gasteiger partial charge on any atom is -0.502 e. The monoisotopic (exact) mass is 465 g/mol. The molecule has 1 atom stereocenters. The summed E-state index contributed by atoms with van der Waals surface area (Å²) in [6.45, 7) is 1.85. The number of aliphatic hydroxyl groups is 1. The fourth-order valence-corrected chi connectivity index (χ4v) is 5.42. The van der Waals surface area contributed by atoms with Crippen LogP contribution in [0.1, 0.15) is 17.2 Å². The number of carbonyl (C=O) groups excluding carboxylic acids is 1. The second-order valence-electron chi connectivity index (χ2n) is 7.58. The summed E-state index contributed by atoms with van der Waals surface area (Å²) in [6, 6.07) is 18.5. The summed E-state index contributed by atoms with van der Waals surface area (Å²) in [6.07, 6.45) is 0. The van der Waals surface area contributed by atoms with E-state index in [0.717, 1.165) is 5.56 Å². The molecule has 1 aliphatic heterocycles. The van der Waals surface area contributed by atoms with Crippen molar-refractivity contribution in [2.75, 3.05) is 19.1 Å². The van der Waals surface area contributed by atoms with Gasteiger partial charge in [-0.3, -0.25) is 9.69 Å². The maximum absolute atomic E-state index is 13.6. The molecule has 1 heterocycles. The highest BCUT2D eigenvalue weighted by atomic mass is 32.2. The summed E-state index contributed by atoms with van der Waals surface area (Å²) in [5.41, 5.74) is 1.82. The number of hydrogen-bond donors (Lipinski definition) is 1. The van der Waals surface area contributed by atoms with Crippen LogP contribution in [0.15, 0.2) is 88.4 Å². The van der Waals surface area contributed by atoms with Crippen LogP contribution in [0.3, 0.4) is 0 Å². The van der Waals surface area contributed by atoms with Crippen molar-refractivity contribution in [3.63, 3.8) is 0 Å². The van der Waals surface area contributed by atoms with Gasteiger partial charge < -0.3 is 14.6 Å². The van der Waals surface area contributed by atoms with Gasteiger partial charge >= 0.3 is 0 Å². The Labute approximate surface area is 192 Å². The first-order valence-electron chi connectivity index (χ1n) is 10.1. The van der Waals surface area contributed by atoms with Crippen LogP contribution in [0.25, 0.3) is 0 Å². The van der Waals surface area contributed by atoms with Gasteiger partial charge in [-0.15, -0.1) is 0 Å². The Morgan fingerprint density at radius 3 is 1.85 bits per heavy atom. The van der Waals surface area contributed by atoms with Gasteiger partial charge in [0, 0.05) is 5.69 Å². The highest BCUT2D eigenvalue weighted by molar-refractivity contribution is 7.95. The maximum atomic E-state index is 13.6. The number of benzene rings is 3. The van der Waals surface area contributed by atoms with Crippen LogP contribution in [-0.2, 0) is 14.6 Å². The second kappa shape index (κ2) is 8.63.